The predicted octanol–water partition coefficient (Wildman–Crippen LogP) is 8.73. The molecule has 1 amide bonds. The predicted molar refractivity (Wildman–Crippen MR) is 264 cm³/mol. The van der Waals surface area contributed by atoms with E-state index in [1.54, 1.807) is 24.8 Å². The fourth-order valence-electron chi connectivity index (χ4n) is 6.57. The van der Waals surface area contributed by atoms with Crippen LogP contribution in [-0.2, 0) is 15.6 Å². The topological polar surface area (TPSA) is 259 Å². The first-order valence-electron chi connectivity index (χ1n) is 21.2. The smallest absolute Gasteiger partial charge is 0.268 e. The zero-order valence-corrected chi connectivity index (χ0v) is 37.6. The number of hydrogen-bond acceptors (Lipinski definition) is 16. The molecule has 6 aromatic heterocycles. The summed E-state index contributed by atoms with van der Waals surface area (Å²) >= 11 is 0. The number of carbonyl (C=O) groups excluding carboxylic acids is 1. The van der Waals surface area contributed by atoms with Gasteiger partial charge in [0, 0.05) is 81.1 Å². The number of nitrogens with zero attached hydrogens (tertiary/aromatic N) is 10. The summed E-state index contributed by atoms with van der Waals surface area (Å²) in [4.78, 5) is 39.9. The van der Waals surface area contributed by atoms with Crippen molar-refractivity contribution in [3.63, 3.8) is 0 Å². The lowest BCUT2D eigenvalue weighted by molar-refractivity contribution is -0.125. The molecule has 0 saturated heterocycles. The van der Waals surface area contributed by atoms with Gasteiger partial charge in [-0.1, -0.05) is 35.5 Å². The van der Waals surface area contributed by atoms with Crippen molar-refractivity contribution < 1.29 is 22.3 Å². The van der Waals surface area contributed by atoms with Gasteiger partial charge in [0.05, 0.1) is 63.5 Å². The van der Waals surface area contributed by atoms with Gasteiger partial charge in [0.25, 0.3) is 5.89 Å². The second-order valence-corrected chi connectivity index (χ2v) is 16.3. The Morgan fingerprint density at radius 2 is 1.30 bits per heavy atom. The van der Waals surface area contributed by atoms with Crippen molar-refractivity contribution in [3.8, 4) is 74.3 Å². The number of aryl methyl sites for hydroxylation is 2. The second-order valence-electron chi connectivity index (χ2n) is 16.3. The van der Waals surface area contributed by atoms with E-state index in [2.05, 4.69) is 52.0 Å². The molecule has 17 heteroatoms. The number of hydrogen-bond donors (Lipinski definition) is 4. The van der Waals surface area contributed by atoms with Gasteiger partial charge in [-0.2, -0.15) is 5.26 Å². The molecule has 6 heterocycles. The first kappa shape index (κ1) is 45.9. The standard InChI is InChI=1S/C25H26N6O2.C24H24N8O.6H2/c1-16-23(21-14-19(31-33-21)17-7-5-4-6-8-17)30-20(15-29-16)18-9-11-27-22(13-18)25(2,3)24(32)28-12-10-26;1-15-21(23-32-31-22(33-23)16-4-6-18(7-5-16)27-11-9-25)30-19(13-29-15)17-8-10-28-20(12-17)24(2,3)14-26;;;;;;/h4-9,11,13-15H,10,12,26H2,1-3H3,(H,28,32);4-8,10,12-13,27H,9,11,25H2,1-3H3;6*1H. The van der Waals surface area contributed by atoms with Gasteiger partial charge < -0.3 is 31.0 Å². The van der Waals surface area contributed by atoms with Crippen LogP contribution in [0.15, 0.2) is 119 Å². The highest BCUT2D eigenvalue weighted by Gasteiger charge is 2.31. The van der Waals surface area contributed by atoms with Crippen molar-refractivity contribution >= 4 is 11.6 Å². The SMILES string of the molecule is Cc1ncc(-c2ccnc(C(C)(C)C#N)c2)nc1-c1nnc(-c2ccc(NCCN)cc2)o1.Cc1ncc(-c2ccnc(C(C)(C)C(=O)NCCN)c2)nc1-c1cc(-c2ccccc2)no1.[HH].[HH].[HH].[HH].[HH].[HH]. The first-order chi connectivity index (χ1) is 31.8. The van der Waals surface area contributed by atoms with Gasteiger partial charge in [0.15, 0.2) is 5.76 Å². The van der Waals surface area contributed by atoms with Gasteiger partial charge in [-0.15, -0.1) is 10.2 Å². The Labute approximate surface area is 391 Å². The average Bonchev–Trinajstić information content (AvgIpc) is 4.05. The van der Waals surface area contributed by atoms with Crippen LogP contribution in [0.2, 0.25) is 0 Å². The Bertz CT molecular complexity index is 3010. The van der Waals surface area contributed by atoms with E-state index in [0.29, 0.717) is 77.7 Å². The largest absolute Gasteiger partial charge is 0.415 e. The highest BCUT2D eigenvalue weighted by molar-refractivity contribution is 5.87. The minimum atomic E-state index is -0.832. The number of nitriles is 1. The fourth-order valence-corrected chi connectivity index (χ4v) is 6.57. The molecule has 8 rings (SSSR count). The Morgan fingerprint density at radius 1 is 0.697 bits per heavy atom. The Morgan fingerprint density at radius 3 is 1.95 bits per heavy atom. The minimum Gasteiger partial charge on any atom is -0.415 e. The number of nitrogens with two attached hydrogens (primary N) is 2. The van der Waals surface area contributed by atoms with Gasteiger partial charge in [0.1, 0.15) is 17.1 Å². The van der Waals surface area contributed by atoms with Crippen molar-refractivity contribution in [3.05, 3.63) is 132 Å². The van der Waals surface area contributed by atoms with Crippen LogP contribution >= 0.6 is 0 Å². The summed E-state index contributed by atoms with van der Waals surface area (Å²) in [5, 5.41) is 28.1. The van der Waals surface area contributed by atoms with E-state index in [9.17, 15) is 10.1 Å². The lowest BCUT2D eigenvalue weighted by Gasteiger charge is -2.23. The minimum absolute atomic E-state index is 0. The zero-order valence-electron chi connectivity index (χ0n) is 37.6. The molecule has 0 aliphatic carbocycles. The summed E-state index contributed by atoms with van der Waals surface area (Å²) < 4.78 is 11.5. The lowest BCUT2D eigenvalue weighted by atomic mass is 9.86. The number of benzene rings is 2. The molecule has 0 radical (unpaired) electrons. The lowest BCUT2D eigenvalue weighted by Crippen LogP contribution is -2.42. The van der Waals surface area contributed by atoms with Crippen LogP contribution in [0, 0.1) is 25.2 Å². The molecule has 346 valence electrons. The Hall–Kier alpha value is -8.07. The van der Waals surface area contributed by atoms with Crippen LogP contribution in [0.1, 0.15) is 59.0 Å². The molecule has 0 saturated carbocycles. The summed E-state index contributed by atoms with van der Waals surface area (Å²) in [6, 6.07) is 29.0. The van der Waals surface area contributed by atoms with Crippen molar-refractivity contribution in [1.29, 1.82) is 5.26 Å². The maximum Gasteiger partial charge on any atom is 0.268 e. The molecule has 0 unspecified atom stereocenters. The van der Waals surface area contributed by atoms with Crippen LogP contribution in [0.4, 0.5) is 5.69 Å². The first-order valence-corrected chi connectivity index (χ1v) is 21.2. The summed E-state index contributed by atoms with van der Waals surface area (Å²) in [6.45, 7) is 13.1. The summed E-state index contributed by atoms with van der Waals surface area (Å²) in [5.74, 6) is 1.08. The van der Waals surface area contributed by atoms with E-state index in [0.717, 1.165) is 39.3 Å². The summed E-state index contributed by atoms with van der Waals surface area (Å²) in [7, 11) is 0. The maximum absolute atomic E-state index is 12.6. The van der Waals surface area contributed by atoms with Crippen molar-refractivity contribution in [2.75, 3.05) is 31.5 Å². The molecule has 0 aliphatic heterocycles. The number of anilines is 1. The molecule has 0 atom stereocenters. The Balaban J connectivity index is 0.000000665. The van der Waals surface area contributed by atoms with Crippen LogP contribution in [0.25, 0.3) is 68.3 Å². The number of pyridine rings is 2. The zero-order chi connectivity index (χ0) is 46.8. The number of carbonyl (C=O) groups is 1. The second kappa shape index (κ2) is 20.2. The third kappa shape index (κ3) is 10.5. The monoisotopic (exact) mass is 895 g/mol. The van der Waals surface area contributed by atoms with E-state index in [1.165, 1.54) is 0 Å². The van der Waals surface area contributed by atoms with Gasteiger partial charge in [0.2, 0.25) is 11.8 Å². The highest BCUT2D eigenvalue weighted by atomic mass is 16.5. The summed E-state index contributed by atoms with van der Waals surface area (Å²) in [5.41, 5.74) is 19.6. The number of nitrogens with one attached hydrogen (secondary N) is 2. The molecular formula is C49H62N14O3. The molecule has 8 aromatic rings. The van der Waals surface area contributed by atoms with Crippen molar-refractivity contribution in [2.24, 2.45) is 11.5 Å². The number of aromatic nitrogens is 9. The molecule has 6 N–H and O–H groups in total. The molecule has 0 aliphatic rings. The normalized spacial score (nSPS) is 11.3. The van der Waals surface area contributed by atoms with Gasteiger partial charge in [-0.05, 0) is 90.1 Å². The molecule has 0 bridgehead atoms. The van der Waals surface area contributed by atoms with Crippen LogP contribution in [0.3, 0.4) is 0 Å². The van der Waals surface area contributed by atoms with Gasteiger partial charge in [-0.25, -0.2) is 9.97 Å². The third-order valence-electron chi connectivity index (χ3n) is 10.6. The van der Waals surface area contributed by atoms with Crippen molar-refractivity contribution in [2.45, 2.75) is 52.4 Å². The maximum atomic E-state index is 12.6. The average molecular weight is 895 g/mol. The molecule has 66 heavy (non-hydrogen) atoms. The van der Waals surface area contributed by atoms with Crippen LogP contribution in [-0.4, -0.2) is 77.3 Å². The quantitative estimate of drug-likeness (QED) is 0.0795. The number of rotatable bonds is 14. The number of amides is 1. The van der Waals surface area contributed by atoms with E-state index in [1.807, 2.05) is 126 Å². The fraction of sp³-hybridized carbons (Fsp3) is 0.245. The van der Waals surface area contributed by atoms with Crippen molar-refractivity contribution in [1.82, 2.24) is 50.6 Å². The third-order valence-corrected chi connectivity index (χ3v) is 10.6. The highest BCUT2D eigenvalue weighted by Crippen LogP contribution is 2.32. The molecule has 17 nitrogen and oxygen atoms in total. The molecular weight excluding hydrogens is 833 g/mol. The molecule has 0 fully saturated rings. The molecule has 2 aromatic carbocycles. The van der Waals surface area contributed by atoms with E-state index < -0.39 is 10.8 Å². The van der Waals surface area contributed by atoms with E-state index in [-0.39, 0.29) is 20.4 Å². The van der Waals surface area contributed by atoms with E-state index in [4.69, 9.17) is 30.4 Å². The molecule has 0 spiro atoms. The Kier molecular flexibility index (Phi) is 14.0. The van der Waals surface area contributed by atoms with E-state index >= 15 is 0 Å². The summed E-state index contributed by atoms with van der Waals surface area (Å²) in [6.07, 6.45) is 6.73. The van der Waals surface area contributed by atoms with Crippen LogP contribution < -0.4 is 22.1 Å². The van der Waals surface area contributed by atoms with Gasteiger partial charge >= 0.3 is 0 Å². The van der Waals surface area contributed by atoms with Crippen LogP contribution in [0.5, 0.6) is 0 Å². The van der Waals surface area contributed by atoms with Gasteiger partial charge in [-0.3, -0.25) is 24.7 Å².